The van der Waals surface area contributed by atoms with Crippen molar-refractivity contribution in [3.63, 3.8) is 0 Å². The second-order valence-electron chi connectivity index (χ2n) is 7.88. The molecular weight excluding hydrogens is 400 g/mol. The van der Waals surface area contributed by atoms with Crippen molar-refractivity contribution in [2.75, 3.05) is 13.7 Å². The maximum absolute atomic E-state index is 13.4. The molecule has 1 atom stereocenters. The van der Waals surface area contributed by atoms with E-state index in [1.807, 2.05) is 92.7 Å². The van der Waals surface area contributed by atoms with Gasteiger partial charge in [-0.25, -0.2) is 0 Å². The molecule has 3 rings (SSSR count). The highest BCUT2D eigenvalue weighted by Gasteiger charge is 2.30. The van der Waals surface area contributed by atoms with Crippen LogP contribution in [0.15, 0.2) is 78.9 Å². The van der Waals surface area contributed by atoms with E-state index in [0.717, 1.165) is 22.3 Å². The van der Waals surface area contributed by atoms with Crippen molar-refractivity contribution < 1.29 is 14.3 Å². The van der Waals surface area contributed by atoms with Crippen LogP contribution in [0.1, 0.15) is 22.3 Å². The summed E-state index contributed by atoms with van der Waals surface area (Å²) in [5.41, 5.74) is 3.97. The van der Waals surface area contributed by atoms with Crippen molar-refractivity contribution >= 4 is 11.8 Å². The van der Waals surface area contributed by atoms with Crippen LogP contribution in [0.25, 0.3) is 0 Å². The molecule has 0 heterocycles. The van der Waals surface area contributed by atoms with E-state index < -0.39 is 6.04 Å². The Hall–Kier alpha value is -3.60. The Labute approximate surface area is 190 Å². The van der Waals surface area contributed by atoms with Crippen LogP contribution in [0.4, 0.5) is 0 Å². The first-order valence-electron chi connectivity index (χ1n) is 10.8. The fraction of sp³-hybridized carbons (Fsp3) is 0.259. The Morgan fingerprint density at radius 1 is 0.906 bits per heavy atom. The summed E-state index contributed by atoms with van der Waals surface area (Å²) in [7, 11) is 1.60. The molecule has 32 heavy (non-hydrogen) atoms. The largest absolute Gasteiger partial charge is 0.483 e. The molecule has 1 N–H and O–H groups in total. The van der Waals surface area contributed by atoms with Gasteiger partial charge in [-0.1, -0.05) is 72.8 Å². The number of ether oxygens (including phenoxy) is 1. The third-order valence-electron chi connectivity index (χ3n) is 5.41. The molecule has 0 bridgehead atoms. The van der Waals surface area contributed by atoms with Gasteiger partial charge in [-0.15, -0.1) is 0 Å². The number of hydrogen-bond donors (Lipinski definition) is 1. The van der Waals surface area contributed by atoms with Gasteiger partial charge in [0.05, 0.1) is 0 Å². The van der Waals surface area contributed by atoms with Gasteiger partial charge in [-0.05, 0) is 42.2 Å². The van der Waals surface area contributed by atoms with Crippen LogP contribution in [0, 0.1) is 13.8 Å². The summed E-state index contributed by atoms with van der Waals surface area (Å²) >= 11 is 0. The van der Waals surface area contributed by atoms with Crippen LogP contribution in [-0.2, 0) is 22.6 Å². The Morgan fingerprint density at radius 3 is 2.16 bits per heavy atom. The topological polar surface area (TPSA) is 58.6 Å². The van der Waals surface area contributed by atoms with E-state index in [9.17, 15) is 9.59 Å². The lowest BCUT2D eigenvalue weighted by molar-refractivity contribution is -0.142. The van der Waals surface area contributed by atoms with E-state index in [4.69, 9.17) is 4.74 Å². The summed E-state index contributed by atoms with van der Waals surface area (Å²) in [6.07, 6.45) is 0.419. The fourth-order valence-electron chi connectivity index (χ4n) is 3.59. The van der Waals surface area contributed by atoms with Crippen LogP contribution < -0.4 is 10.1 Å². The molecule has 5 heteroatoms. The molecule has 0 saturated heterocycles. The molecular formula is C27H30N2O3. The highest BCUT2D eigenvalue weighted by atomic mass is 16.5. The molecule has 3 aromatic rings. The molecule has 166 valence electrons. The lowest BCUT2D eigenvalue weighted by Gasteiger charge is -2.31. The first kappa shape index (κ1) is 23.1. The van der Waals surface area contributed by atoms with Crippen molar-refractivity contribution in [3.05, 3.63) is 101 Å². The molecule has 0 radical (unpaired) electrons. The number of amides is 2. The summed E-state index contributed by atoms with van der Waals surface area (Å²) in [5.74, 6) is 0.238. The second-order valence-corrected chi connectivity index (χ2v) is 7.88. The Morgan fingerprint density at radius 2 is 1.53 bits per heavy atom. The van der Waals surface area contributed by atoms with Gasteiger partial charge in [0.25, 0.3) is 5.91 Å². The van der Waals surface area contributed by atoms with Gasteiger partial charge in [0.1, 0.15) is 11.8 Å². The highest BCUT2D eigenvalue weighted by Crippen LogP contribution is 2.20. The van der Waals surface area contributed by atoms with Gasteiger partial charge < -0.3 is 15.0 Å². The molecule has 2 amide bonds. The van der Waals surface area contributed by atoms with Gasteiger partial charge in [-0.2, -0.15) is 0 Å². The smallest absolute Gasteiger partial charge is 0.261 e. The lowest BCUT2D eigenvalue weighted by atomic mass is 10.0. The van der Waals surface area contributed by atoms with E-state index in [1.165, 1.54) is 0 Å². The number of rotatable bonds is 9. The third-order valence-corrected chi connectivity index (χ3v) is 5.41. The zero-order valence-electron chi connectivity index (χ0n) is 18.9. The van der Waals surface area contributed by atoms with Gasteiger partial charge >= 0.3 is 0 Å². The zero-order valence-corrected chi connectivity index (χ0v) is 18.9. The lowest BCUT2D eigenvalue weighted by Crippen LogP contribution is -2.51. The average Bonchev–Trinajstić information content (AvgIpc) is 2.82. The summed E-state index contributed by atoms with van der Waals surface area (Å²) in [5, 5.41) is 2.72. The molecule has 5 nitrogen and oxygen atoms in total. The van der Waals surface area contributed by atoms with Gasteiger partial charge in [0, 0.05) is 20.0 Å². The second kappa shape index (κ2) is 11.1. The number of carbonyl (C=O) groups excluding carboxylic acids is 2. The number of nitrogens with one attached hydrogen (secondary N) is 1. The predicted octanol–water partition coefficient (Wildman–Crippen LogP) is 4.07. The third kappa shape index (κ3) is 6.20. The van der Waals surface area contributed by atoms with E-state index >= 15 is 0 Å². The number of nitrogens with zero attached hydrogens (tertiary/aromatic N) is 1. The zero-order chi connectivity index (χ0) is 22.9. The minimum Gasteiger partial charge on any atom is -0.483 e. The predicted molar refractivity (Wildman–Crippen MR) is 126 cm³/mol. The summed E-state index contributed by atoms with van der Waals surface area (Å²) in [6, 6.07) is 24.7. The number of hydrogen-bond acceptors (Lipinski definition) is 3. The van der Waals surface area contributed by atoms with Crippen LogP contribution in [-0.4, -0.2) is 36.4 Å². The fourth-order valence-corrected chi connectivity index (χ4v) is 3.59. The first-order valence-corrected chi connectivity index (χ1v) is 10.8. The van der Waals surface area contributed by atoms with E-state index in [0.29, 0.717) is 18.7 Å². The van der Waals surface area contributed by atoms with Crippen LogP contribution >= 0.6 is 0 Å². The van der Waals surface area contributed by atoms with E-state index in [1.54, 1.807) is 11.9 Å². The van der Waals surface area contributed by atoms with Crippen molar-refractivity contribution in [1.82, 2.24) is 10.2 Å². The molecule has 0 unspecified atom stereocenters. The SMILES string of the molecule is CNC(=O)[C@@H](Cc1ccccc1)N(Cc1ccccc1)C(=O)COc1cc(C)ccc1C. The number of benzene rings is 3. The minimum absolute atomic E-state index is 0.139. The monoisotopic (exact) mass is 430 g/mol. The molecule has 0 aliphatic heterocycles. The van der Waals surface area contributed by atoms with Gasteiger partial charge in [-0.3, -0.25) is 9.59 Å². The summed E-state index contributed by atoms with van der Waals surface area (Å²) in [4.78, 5) is 27.9. The van der Waals surface area contributed by atoms with Crippen molar-refractivity contribution in [2.24, 2.45) is 0 Å². The highest BCUT2D eigenvalue weighted by molar-refractivity contribution is 5.88. The molecule has 0 aromatic heterocycles. The number of likely N-dealkylation sites (N-methyl/N-ethyl adjacent to an activating group) is 1. The number of aryl methyl sites for hydroxylation is 2. The normalized spacial score (nSPS) is 11.5. The number of carbonyl (C=O) groups is 2. The van der Waals surface area contributed by atoms with Crippen molar-refractivity contribution in [2.45, 2.75) is 32.9 Å². The molecule has 0 fully saturated rings. The van der Waals surface area contributed by atoms with Crippen LogP contribution in [0.2, 0.25) is 0 Å². The molecule has 0 saturated carbocycles. The standard InChI is InChI=1S/C27H30N2O3/c1-20-14-15-21(2)25(16-20)32-19-26(30)29(18-23-12-8-5-9-13-23)24(27(31)28-3)17-22-10-6-4-7-11-22/h4-16,24H,17-19H2,1-3H3,(H,28,31)/t24-/m1/s1. The van der Waals surface area contributed by atoms with E-state index in [2.05, 4.69) is 5.32 Å². The molecule has 0 spiro atoms. The Kier molecular flexibility index (Phi) is 8.03. The quantitative estimate of drug-likeness (QED) is 0.557. The van der Waals surface area contributed by atoms with Crippen molar-refractivity contribution in [3.8, 4) is 5.75 Å². The van der Waals surface area contributed by atoms with Gasteiger partial charge in [0.2, 0.25) is 5.91 Å². The van der Waals surface area contributed by atoms with Gasteiger partial charge in [0.15, 0.2) is 6.61 Å². The molecule has 0 aliphatic rings. The Bertz CT molecular complexity index is 1040. The summed E-state index contributed by atoms with van der Waals surface area (Å²) < 4.78 is 5.89. The van der Waals surface area contributed by atoms with Crippen LogP contribution in [0.3, 0.4) is 0 Å². The molecule has 0 aliphatic carbocycles. The maximum atomic E-state index is 13.4. The molecule has 3 aromatic carbocycles. The first-order chi connectivity index (χ1) is 15.5. The van der Waals surface area contributed by atoms with Crippen LogP contribution in [0.5, 0.6) is 5.75 Å². The minimum atomic E-state index is -0.655. The summed E-state index contributed by atoms with van der Waals surface area (Å²) in [6.45, 7) is 4.11. The van der Waals surface area contributed by atoms with Crippen molar-refractivity contribution in [1.29, 1.82) is 0 Å². The Balaban J connectivity index is 1.87. The maximum Gasteiger partial charge on any atom is 0.261 e. The average molecular weight is 431 g/mol. The van der Waals surface area contributed by atoms with E-state index in [-0.39, 0.29) is 18.4 Å².